The first kappa shape index (κ1) is 15.7. The van der Waals surface area contributed by atoms with Crippen molar-refractivity contribution in [2.45, 2.75) is 73.3 Å². The van der Waals surface area contributed by atoms with Gasteiger partial charge >= 0.3 is 0 Å². The van der Waals surface area contributed by atoms with Gasteiger partial charge in [0.25, 0.3) is 0 Å². The summed E-state index contributed by atoms with van der Waals surface area (Å²) in [6, 6.07) is 0. The molecule has 2 nitrogen and oxygen atoms in total. The molecule has 0 amide bonds. The van der Waals surface area contributed by atoms with Gasteiger partial charge in [0.1, 0.15) is 5.78 Å². The Morgan fingerprint density at radius 3 is 1.67 bits per heavy atom. The molecule has 2 fully saturated rings. The molecule has 0 aromatic rings. The van der Waals surface area contributed by atoms with Crippen LogP contribution in [0.4, 0.5) is 0 Å². The van der Waals surface area contributed by atoms with Crippen molar-refractivity contribution >= 4 is 5.78 Å². The lowest BCUT2D eigenvalue weighted by Crippen LogP contribution is -2.27. The Morgan fingerprint density at radius 2 is 1.56 bits per heavy atom. The number of carbonyl (C=O) groups is 1. The maximum Gasteiger partial charge on any atom is 0.138 e. The molecule has 2 rings (SSSR count). The smallest absolute Gasteiger partial charge is 0.138 e. The van der Waals surface area contributed by atoms with Crippen LogP contribution in [0.15, 0.2) is 0 Å². The van der Waals surface area contributed by atoms with Gasteiger partial charge in [0.05, 0.1) is 6.10 Å². The van der Waals surface area contributed by atoms with Gasteiger partial charge in [-0.1, -0.05) is 41.5 Å². The van der Waals surface area contributed by atoms with Crippen LogP contribution >= 0.6 is 0 Å². The van der Waals surface area contributed by atoms with Crippen LogP contribution in [0, 0.1) is 22.7 Å². The van der Waals surface area contributed by atoms with Crippen LogP contribution in [0.2, 0.25) is 0 Å². The van der Waals surface area contributed by atoms with Gasteiger partial charge in [0.2, 0.25) is 0 Å². The van der Waals surface area contributed by atoms with Crippen molar-refractivity contribution in [3.05, 3.63) is 0 Å². The predicted octanol–water partition coefficient (Wildman–Crippen LogP) is 3.82. The van der Waals surface area contributed by atoms with Crippen LogP contribution in [-0.4, -0.2) is 17.0 Å². The number of aliphatic hydroxyl groups is 1. The fourth-order valence-electron chi connectivity index (χ4n) is 2.79. The average Bonchev–Trinajstić information content (AvgIpc) is 2.65. The van der Waals surface area contributed by atoms with E-state index in [4.69, 9.17) is 0 Å². The van der Waals surface area contributed by atoms with Gasteiger partial charge < -0.3 is 5.11 Å². The monoisotopic (exact) mass is 254 g/mol. The van der Waals surface area contributed by atoms with E-state index < -0.39 is 0 Å². The summed E-state index contributed by atoms with van der Waals surface area (Å²) in [5, 5.41) is 9.43. The Bertz CT molecular complexity index is 292. The van der Waals surface area contributed by atoms with E-state index in [0.29, 0.717) is 17.6 Å². The Balaban J connectivity index is 0.000000180. The van der Waals surface area contributed by atoms with Crippen LogP contribution in [0.5, 0.6) is 0 Å². The summed E-state index contributed by atoms with van der Waals surface area (Å²) >= 11 is 0. The second-order valence-corrected chi connectivity index (χ2v) is 7.40. The second-order valence-electron chi connectivity index (χ2n) is 7.40. The Morgan fingerprint density at radius 1 is 1.00 bits per heavy atom. The molecule has 106 valence electrons. The Kier molecular flexibility index (Phi) is 4.64. The third kappa shape index (κ3) is 2.96. The van der Waals surface area contributed by atoms with Gasteiger partial charge in [-0.15, -0.1) is 0 Å². The molecular formula is C16H30O2. The quantitative estimate of drug-likeness (QED) is 0.713. The van der Waals surface area contributed by atoms with Gasteiger partial charge in [0.15, 0.2) is 0 Å². The van der Waals surface area contributed by atoms with Crippen molar-refractivity contribution < 1.29 is 9.90 Å². The zero-order chi connectivity index (χ0) is 14.1. The van der Waals surface area contributed by atoms with E-state index >= 15 is 0 Å². The number of hydrogen-bond donors (Lipinski definition) is 1. The van der Waals surface area contributed by atoms with Gasteiger partial charge in [-0.25, -0.2) is 0 Å². The number of carbonyl (C=O) groups excluding carboxylic acids is 1. The molecule has 3 unspecified atom stereocenters. The fourth-order valence-corrected chi connectivity index (χ4v) is 2.79. The molecule has 2 aliphatic carbocycles. The van der Waals surface area contributed by atoms with Crippen molar-refractivity contribution in [1.82, 2.24) is 0 Å². The molecule has 2 aliphatic rings. The first-order valence-electron chi connectivity index (χ1n) is 7.31. The molecule has 0 aromatic carbocycles. The van der Waals surface area contributed by atoms with Crippen molar-refractivity contribution in [2.24, 2.45) is 22.7 Å². The van der Waals surface area contributed by atoms with Crippen LogP contribution in [0.3, 0.4) is 0 Å². The highest BCUT2D eigenvalue weighted by atomic mass is 16.3. The number of hydrogen-bond acceptors (Lipinski definition) is 2. The molecule has 3 atom stereocenters. The second kappa shape index (κ2) is 5.32. The minimum Gasteiger partial charge on any atom is -0.393 e. The first-order valence-corrected chi connectivity index (χ1v) is 7.31. The molecule has 0 spiro atoms. The summed E-state index contributed by atoms with van der Waals surface area (Å²) in [6.07, 6.45) is 4.01. The van der Waals surface area contributed by atoms with Crippen LogP contribution in [-0.2, 0) is 4.79 Å². The standard InChI is InChI=1S/C8H16O.C8H14O/c2*1-6-4-5-7(9)8(6,2)3/h6-7,9H,4-5H2,1-3H3;6H,4-5H2,1-3H3. The summed E-state index contributed by atoms with van der Waals surface area (Å²) in [7, 11) is 0. The molecule has 2 heteroatoms. The maximum atomic E-state index is 11.1. The van der Waals surface area contributed by atoms with Crippen LogP contribution < -0.4 is 0 Å². The van der Waals surface area contributed by atoms with E-state index in [1.54, 1.807) is 0 Å². The van der Waals surface area contributed by atoms with Gasteiger partial charge in [-0.2, -0.15) is 0 Å². The normalized spacial score (nSPS) is 37.3. The highest BCUT2D eigenvalue weighted by Crippen LogP contribution is 2.42. The lowest BCUT2D eigenvalue weighted by molar-refractivity contribution is -0.125. The molecule has 0 radical (unpaired) electrons. The van der Waals surface area contributed by atoms with Gasteiger partial charge in [0, 0.05) is 11.8 Å². The van der Waals surface area contributed by atoms with E-state index in [9.17, 15) is 9.90 Å². The lowest BCUT2D eigenvalue weighted by Gasteiger charge is -2.27. The molecule has 1 N–H and O–H groups in total. The Hall–Kier alpha value is -0.370. The largest absolute Gasteiger partial charge is 0.393 e. The number of ketones is 1. The molecule has 2 saturated carbocycles. The molecule has 18 heavy (non-hydrogen) atoms. The lowest BCUT2D eigenvalue weighted by atomic mass is 9.82. The van der Waals surface area contributed by atoms with E-state index in [1.807, 2.05) is 13.8 Å². The van der Waals surface area contributed by atoms with Crippen molar-refractivity contribution in [2.75, 3.05) is 0 Å². The molecular weight excluding hydrogens is 224 g/mol. The molecule has 0 saturated heterocycles. The highest BCUT2D eigenvalue weighted by molar-refractivity contribution is 5.86. The summed E-state index contributed by atoms with van der Waals surface area (Å²) in [5.74, 6) is 1.72. The van der Waals surface area contributed by atoms with Gasteiger partial charge in [-0.3, -0.25) is 4.79 Å². The summed E-state index contributed by atoms with van der Waals surface area (Å²) in [4.78, 5) is 11.1. The van der Waals surface area contributed by atoms with Crippen molar-refractivity contribution in [1.29, 1.82) is 0 Å². The minimum atomic E-state index is -0.0625. The summed E-state index contributed by atoms with van der Waals surface area (Å²) < 4.78 is 0. The fraction of sp³-hybridized carbons (Fsp3) is 0.938. The van der Waals surface area contributed by atoms with E-state index in [0.717, 1.165) is 19.3 Å². The molecule has 0 heterocycles. The van der Waals surface area contributed by atoms with E-state index in [-0.39, 0.29) is 16.9 Å². The van der Waals surface area contributed by atoms with Crippen molar-refractivity contribution in [3.8, 4) is 0 Å². The summed E-state index contributed by atoms with van der Waals surface area (Å²) in [5.41, 5.74) is 0.139. The van der Waals surface area contributed by atoms with Crippen LogP contribution in [0.25, 0.3) is 0 Å². The molecule has 0 aromatic heterocycles. The number of Topliss-reactive ketones (excluding diaryl/α,β-unsaturated/α-hetero) is 1. The molecule has 0 bridgehead atoms. The molecule has 0 aliphatic heterocycles. The minimum absolute atomic E-state index is 0.0278. The van der Waals surface area contributed by atoms with Gasteiger partial charge in [-0.05, 0) is 36.5 Å². The van der Waals surface area contributed by atoms with E-state index in [2.05, 4.69) is 27.7 Å². The average molecular weight is 254 g/mol. The zero-order valence-electron chi connectivity index (χ0n) is 12.9. The zero-order valence-corrected chi connectivity index (χ0v) is 12.9. The number of rotatable bonds is 0. The highest BCUT2D eigenvalue weighted by Gasteiger charge is 2.39. The van der Waals surface area contributed by atoms with Crippen LogP contribution in [0.1, 0.15) is 67.2 Å². The van der Waals surface area contributed by atoms with Crippen molar-refractivity contribution in [3.63, 3.8) is 0 Å². The number of aliphatic hydroxyl groups excluding tert-OH is 1. The summed E-state index contributed by atoms with van der Waals surface area (Å²) in [6.45, 7) is 12.8. The predicted molar refractivity (Wildman–Crippen MR) is 75.4 cm³/mol. The van der Waals surface area contributed by atoms with E-state index in [1.165, 1.54) is 6.42 Å². The SMILES string of the molecule is CC1CCC(=O)C1(C)C.CC1CCC(O)C1(C)C. The third-order valence-electron chi connectivity index (χ3n) is 5.76. The maximum absolute atomic E-state index is 11.1. The Labute approximate surface area is 112 Å². The topological polar surface area (TPSA) is 37.3 Å². The first-order chi connectivity index (χ1) is 8.10. The third-order valence-corrected chi connectivity index (χ3v) is 5.76.